The number of nitrogens with one attached hydrogen (secondary N) is 2. The summed E-state index contributed by atoms with van der Waals surface area (Å²) in [4.78, 5) is 34.4. The fraction of sp³-hybridized carbons (Fsp3) is 0.520. The highest BCUT2D eigenvalue weighted by atomic mass is 16.6. The first-order valence-corrected chi connectivity index (χ1v) is 11.6. The number of amides is 1. The van der Waals surface area contributed by atoms with Crippen molar-refractivity contribution >= 4 is 29.5 Å². The van der Waals surface area contributed by atoms with Crippen LogP contribution in [0.15, 0.2) is 28.0 Å². The third kappa shape index (κ3) is 7.54. The zero-order valence-electron chi connectivity index (χ0n) is 21.9. The zero-order chi connectivity index (χ0) is 26.3. The predicted octanol–water partition coefficient (Wildman–Crippen LogP) is 4.70. The number of rotatable bonds is 10. The first-order valence-electron chi connectivity index (χ1n) is 11.6. The fourth-order valence-corrected chi connectivity index (χ4v) is 3.01. The first kappa shape index (κ1) is 27.8. The zero-order valence-corrected chi connectivity index (χ0v) is 21.9. The molecule has 1 heterocycles. The van der Waals surface area contributed by atoms with Crippen molar-refractivity contribution < 1.29 is 19.0 Å². The normalized spacial score (nSPS) is 12.6. The van der Waals surface area contributed by atoms with Gasteiger partial charge in [0.15, 0.2) is 5.82 Å². The Morgan fingerprint density at radius 2 is 1.97 bits per heavy atom. The van der Waals surface area contributed by atoms with Crippen molar-refractivity contribution in [3.8, 4) is 11.4 Å². The van der Waals surface area contributed by atoms with E-state index >= 15 is 0 Å². The third-order valence-corrected chi connectivity index (χ3v) is 5.09. The van der Waals surface area contributed by atoms with E-state index in [9.17, 15) is 9.59 Å². The largest absolute Gasteiger partial charge is 0.491 e. The van der Waals surface area contributed by atoms with E-state index in [1.54, 1.807) is 66.3 Å². The van der Waals surface area contributed by atoms with Crippen molar-refractivity contribution in [1.29, 1.82) is 5.41 Å². The minimum Gasteiger partial charge on any atom is -0.491 e. The molecule has 2 aromatic rings. The fourth-order valence-electron chi connectivity index (χ4n) is 3.01. The van der Waals surface area contributed by atoms with E-state index in [-0.39, 0.29) is 18.2 Å². The lowest BCUT2D eigenvalue weighted by Gasteiger charge is -2.25. The number of aromatic amines is 1. The highest BCUT2D eigenvalue weighted by Crippen LogP contribution is 2.30. The molecule has 1 aromatic heterocycles. The first-order chi connectivity index (χ1) is 16.4. The molecule has 0 aliphatic rings. The summed E-state index contributed by atoms with van der Waals surface area (Å²) >= 11 is 0. The quantitative estimate of drug-likeness (QED) is 0.372. The molecule has 0 saturated heterocycles. The van der Waals surface area contributed by atoms with Gasteiger partial charge in [-0.3, -0.25) is 4.90 Å². The molecule has 2 rings (SSSR count). The van der Waals surface area contributed by atoms with Crippen LogP contribution in [0.1, 0.15) is 53.7 Å². The molecule has 0 aliphatic heterocycles. The number of carbonyl (C=O) groups excluding carboxylic acids is 1. The molecule has 35 heavy (non-hydrogen) atoms. The van der Waals surface area contributed by atoms with Crippen LogP contribution in [0.2, 0.25) is 0 Å². The lowest BCUT2D eigenvalue weighted by atomic mass is 10.1. The number of aromatic nitrogens is 2. The molecule has 1 amide bonds. The maximum atomic E-state index is 13.0. The Morgan fingerprint density at radius 3 is 2.54 bits per heavy atom. The molecule has 0 aliphatic carbocycles. The molecule has 0 radical (unpaired) electrons. The van der Waals surface area contributed by atoms with E-state index in [1.807, 2.05) is 13.8 Å². The van der Waals surface area contributed by atoms with Crippen molar-refractivity contribution in [3.05, 3.63) is 34.4 Å². The summed E-state index contributed by atoms with van der Waals surface area (Å²) in [5.41, 5.74) is 0.255. The van der Waals surface area contributed by atoms with Crippen molar-refractivity contribution in [1.82, 2.24) is 9.55 Å². The van der Waals surface area contributed by atoms with E-state index in [2.05, 4.69) is 9.98 Å². The van der Waals surface area contributed by atoms with Gasteiger partial charge in [0.05, 0.1) is 23.7 Å². The van der Waals surface area contributed by atoms with Gasteiger partial charge < -0.3 is 24.6 Å². The van der Waals surface area contributed by atoms with E-state index < -0.39 is 17.4 Å². The van der Waals surface area contributed by atoms with Crippen LogP contribution in [-0.4, -0.2) is 60.5 Å². The highest BCUT2D eigenvalue weighted by molar-refractivity contribution is 5.99. The number of aliphatic imine (C=N–C) groups is 1. The molecule has 1 atom stereocenters. The van der Waals surface area contributed by atoms with Gasteiger partial charge >= 0.3 is 11.8 Å². The van der Waals surface area contributed by atoms with E-state index in [0.29, 0.717) is 35.2 Å². The minimum absolute atomic E-state index is 0.177. The molecule has 1 unspecified atom stereocenters. The summed E-state index contributed by atoms with van der Waals surface area (Å²) in [5, 5.41) is 8.12. The van der Waals surface area contributed by atoms with Crippen LogP contribution in [-0.2, 0) is 9.47 Å². The number of benzene rings is 1. The average Bonchev–Trinajstić information content (AvgIpc) is 3.12. The van der Waals surface area contributed by atoms with Gasteiger partial charge in [-0.1, -0.05) is 13.8 Å². The number of ether oxygens (including phenoxy) is 3. The van der Waals surface area contributed by atoms with Crippen LogP contribution in [0.25, 0.3) is 5.69 Å². The summed E-state index contributed by atoms with van der Waals surface area (Å²) in [6.45, 7) is 11.7. The van der Waals surface area contributed by atoms with Gasteiger partial charge in [0.1, 0.15) is 23.7 Å². The highest BCUT2D eigenvalue weighted by Gasteiger charge is 2.23. The molecule has 0 fully saturated rings. The lowest BCUT2D eigenvalue weighted by Crippen LogP contribution is -2.34. The molecular weight excluding hydrogens is 450 g/mol. The maximum Gasteiger partial charge on any atom is 0.414 e. The molecule has 10 nitrogen and oxygen atoms in total. The van der Waals surface area contributed by atoms with E-state index in [1.165, 1.54) is 9.47 Å². The minimum atomic E-state index is -0.674. The predicted molar refractivity (Wildman–Crippen MR) is 139 cm³/mol. The van der Waals surface area contributed by atoms with E-state index in [0.717, 1.165) is 6.42 Å². The Balaban J connectivity index is 2.68. The van der Waals surface area contributed by atoms with Crippen LogP contribution < -0.4 is 15.3 Å². The Labute approximate surface area is 206 Å². The van der Waals surface area contributed by atoms with Crippen molar-refractivity contribution in [2.75, 3.05) is 32.3 Å². The molecule has 2 N–H and O–H groups in total. The second-order valence-electron chi connectivity index (χ2n) is 9.32. The van der Waals surface area contributed by atoms with Crippen molar-refractivity contribution in [2.24, 2.45) is 10.9 Å². The number of H-pyrrole nitrogens is 1. The smallest absolute Gasteiger partial charge is 0.414 e. The molecule has 0 spiro atoms. The van der Waals surface area contributed by atoms with Crippen molar-refractivity contribution in [2.45, 2.75) is 53.6 Å². The standard InChI is InChI=1S/C25H37N5O5/c1-9-16(2)15-27-22-21(17(3)26)28-23(31)30(22)19-12-18(13-20(14-19)34-11-10-33-8)29(7)24(32)35-25(4,5)6/h12-16,26H,9-11H2,1-8H3,(H,28,31). The number of hydrogen-bond acceptors (Lipinski definition) is 7. The van der Waals surface area contributed by atoms with Gasteiger partial charge in [-0.2, -0.15) is 0 Å². The topological polar surface area (TPSA) is 122 Å². The summed E-state index contributed by atoms with van der Waals surface area (Å²) in [7, 11) is 3.16. The van der Waals surface area contributed by atoms with Gasteiger partial charge in [-0.05, 0) is 46.1 Å². The number of methoxy groups -OCH3 is 1. The Hall–Kier alpha value is -3.40. The molecular formula is C25H37N5O5. The number of nitrogens with zero attached hydrogens (tertiary/aromatic N) is 3. The van der Waals surface area contributed by atoms with Crippen LogP contribution in [0, 0.1) is 11.3 Å². The SMILES string of the molecule is CCC(C)C=Nc1c(C(C)=N)[nH]c(=O)n1-c1cc(OCCOC)cc(N(C)C(=O)OC(C)(C)C)c1. The molecule has 0 bridgehead atoms. The molecule has 192 valence electrons. The Bertz CT molecular complexity index is 1130. The Kier molecular flexibility index (Phi) is 9.41. The average molecular weight is 488 g/mol. The second kappa shape index (κ2) is 11.8. The van der Waals surface area contributed by atoms with Crippen LogP contribution in [0.5, 0.6) is 5.75 Å². The van der Waals surface area contributed by atoms with Crippen LogP contribution in [0.4, 0.5) is 16.3 Å². The van der Waals surface area contributed by atoms with Gasteiger partial charge in [-0.25, -0.2) is 19.1 Å². The summed E-state index contributed by atoms with van der Waals surface area (Å²) in [6.07, 6.45) is 2.09. The molecule has 1 aromatic carbocycles. The summed E-state index contributed by atoms with van der Waals surface area (Å²) < 4.78 is 17.8. The van der Waals surface area contributed by atoms with E-state index in [4.69, 9.17) is 19.6 Å². The van der Waals surface area contributed by atoms with Crippen molar-refractivity contribution in [3.63, 3.8) is 0 Å². The Morgan fingerprint density at radius 1 is 1.29 bits per heavy atom. The summed E-state index contributed by atoms with van der Waals surface area (Å²) in [6, 6.07) is 5.04. The number of anilines is 1. The lowest BCUT2D eigenvalue weighted by molar-refractivity contribution is 0.0589. The van der Waals surface area contributed by atoms with Gasteiger partial charge in [-0.15, -0.1) is 0 Å². The second-order valence-corrected chi connectivity index (χ2v) is 9.32. The van der Waals surface area contributed by atoms with Gasteiger partial charge in [0.25, 0.3) is 0 Å². The summed E-state index contributed by atoms with van der Waals surface area (Å²) in [5.74, 6) is 0.927. The molecule has 10 heteroatoms. The monoisotopic (exact) mass is 487 g/mol. The number of imidazole rings is 1. The maximum absolute atomic E-state index is 13.0. The number of hydrogen-bond donors (Lipinski definition) is 2. The van der Waals surface area contributed by atoms with Gasteiger partial charge in [0.2, 0.25) is 0 Å². The number of carbonyl (C=O) groups is 1. The van der Waals surface area contributed by atoms with Gasteiger partial charge in [0, 0.05) is 32.5 Å². The molecule has 0 saturated carbocycles. The van der Waals surface area contributed by atoms with Crippen LogP contribution in [0.3, 0.4) is 0 Å². The third-order valence-electron chi connectivity index (χ3n) is 5.09. The van der Waals surface area contributed by atoms with Crippen LogP contribution >= 0.6 is 0 Å².